The molecule has 322 valence electrons. The molecule has 2 aromatic heterocycles. The van der Waals surface area contributed by atoms with Crippen LogP contribution in [-0.4, -0.2) is 9.13 Å². The highest BCUT2D eigenvalue weighted by Gasteiger charge is 2.20. The second-order valence-electron chi connectivity index (χ2n) is 17.1. The fourth-order valence-electron chi connectivity index (χ4n) is 9.93. The van der Waals surface area contributed by atoms with Crippen LogP contribution in [0.1, 0.15) is 11.1 Å². The average Bonchev–Trinajstić information content (AvgIpc) is 3.92. The summed E-state index contributed by atoms with van der Waals surface area (Å²) in [7, 11) is 0. The molecule has 0 aliphatic carbocycles. The van der Waals surface area contributed by atoms with Crippen molar-refractivity contribution in [1.82, 2.24) is 9.13 Å². The lowest BCUT2D eigenvalue weighted by Gasteiger charge is -2.26. The first-order chi connectivity index (χ1) is 33.6. The molecule has 10 aromatic carbocycles. The van der Waals surface area contributed by atoms with Gasteiger partial charge in [0.05, 0.1) is 22.1 Å². The Morgan fingerprint density at radius 1 is 0.279 bits per heavy atom. The number of benzene rings is 10. The van der Waals surface area contributed by atoms with Crippen LogP contribution in [0.15, 0.2) is 256 Å². The third-order valence-electron chi connectivity index (χ3n) is 13.2. The van der Waals surface area contributed by atoms with Gasteiger partial charge in [-0.3, -0.25) is 0 Å². The van der Waals surface area contributed by atoms with E-state index in [1.807, 2.05) is 12.2 Å². The molecule has 2 heterocycles. The van der Waals surface area contributed by atoms with E-state index in [4.69, 9.17) is 0 Å². The maximum absolute atomic E-state index is 4.01. The number of hydrogen-bond acceptors (Lipinski definition) is 2. The Balaban J connectivity index is 0.917. The molecular formula is C64H46N4. The number of anilines is 6. The van der Waals surface area contributed by atoms with Gasteiger partial charge in [-0.25, -0.2) is 0 Å². The van der Waals surface area contributed by atoms with Crippen molar-refractivity contribution in [1.29, 1.82) is 0 Å². The van der Waals surface area contributed by atoms with Crippen molar-refractivity contribution in [3.8, 4) is 22.5 Å². The lowest BCUT2D eigenvalue weighted by atomic mass is 10.0. The second kappa shape index (κ2) is 17.0. The molecule has 12 rings (SSSR count). The maximum Gasteiger partial charge on any atom is 0.0542 e. The minimum absolute atomic E-state index is 1.07. The summed E-state index contributed by atoms with van der Waals surface area (Å²) in [5.74, 6) is 0. The molecular weight excluding hydrogens is 825 g/mol. The molecule has 0 aliphatic rings. The van der Waals surface area contributed by atoms with E-state index in [0.29, 0.717) is 0 Å². The molecule has 0 saturated carbocycles. The predicted molar refractivity (Wildman–Crippen MR) is 290 cm³/mol. The molecule has 4 nitrogen and oxygen atoms in total. The fourth-order valence-corrected chi connectivity index (χ4v) is 9.93. The van der Waals surface area contributed by atoms with Crippen molar-refractivity contribution in [2.45, 2.75) is 0 Å². The molecule has 0 spiro atoms. The summed E-state index contributed by atoms with van der Waals surface area (Å²) in [6, 6.07) is 87.4. The van der Waals surface area contributed by atoms with Gasteiger partial charge in [-0.15, -0.1) is 0 Å². The normalized spacial score (nSPS) is 11.4. The summed E-state index contributed by atoms with van der Waals surface area (Å²) < 4.78 is 4.72. The first-order valence-electron chi connectivity index (χ1n) is 23.1. The summed E-state index contributed by atoms with van der Waals surface area (Å²) in [5.41, 5.74) is 17.9. The van der Waals surface area contributed by atoms with Crippen LogP contribution in [0.3, 0.4) is 0 Å². The van der Waals surface area contributed by atoms with Gasteiger partial charge < -0.3 is 18.9 Å². The Bertz CT molecular complexity index is 3530. The SMILES string of the molecule is C=Cc1ccc(N(c2ccc(-c3ccc(N(c4ccc(C=C)cc4)c4ccc5c(c4)c4ccccc4n5-c4ccccc4)cc3)cc2)c2ccc3c(c2)c2ccccc2n3-c2ccccc2)cc1. The molecule has 4 heteroatoms. The Morgan fingerprint density at radius 3 is 0.956 bits per heavy atom. The highest BCUT2D eigenvalue weighted by Crippen LogP contribution is 2.43. The highest BCUT2D eigenvalue weighted by atomic mass is 15.1. The van der Waals surface area contributed by atoms with Gasteiger partial charge in [-0.1, -0.05) is 147 Å². The summed E-state index contributed by atoms with van der Waals surface area (Å²) in [6.07, 6.45) is 3.78. The van der Waals surface area contributed by atoms with Crippen LogP contribution in [0.2, 0.25) is 0 Å². The molecule has 0 aliphatic heterocycles. The van der Waals surface area contributed by atoms with Crippen LogP contribution in [0.4, 0.5) is 34.1 Å². The van der Waals surface area contributed by atoms with Crippen molar-refractivity contribution in [2.24, 2.45) is 0 Å². The van der Waals surface area contributed by atoms with E-state index >= 15 is 0 Å². The van der Waals surface area contributed by atoms with Gasteiger partial charge in [0.2, 0.25) is 0 Å². The van der Waals surface area contributed by atoms with Gasteiger partial charge in [0.1, 0.15) is 0 Å². The number of fused-ring (bicyclic) bond motifs is 6. The van der Waals surface area contributed by atoms with Gasteiger partial charge in [0.15, 0.2) is 0 Å². The average molecular weight is 871 g/mol. The zero-order chi connectivity index (χ0) is 45.6. The standard InChI is InChI=1S/C64H46N4/c1-3-45-23-31-51(32-24-45)65(55-39-41-63-59(43-55)57-19-11-13-21-61(57)67(63)49-15-7-5-8-16-49)53-35-27-47(28-36-53)48-29-37-54(38-30-48)66(52-33-25-46(4-2)26-34-52)56-40-42-64-60(44-56)58-20-12-14-22-62(58)68(64)50-17-9-6-10-18-50/h3-44H,1-2H2. The lowest BCUT2D eigenvalue weighted by molar-refractivity contribution is 1.18. The van der Waals surface area contributed by atoms with Crippen molar-refractivity contribution in [2.75, 3.05) is 9.80 Å². The third-order valence-corrected chi connectivity index (χ3v) is 13.2. The first-order valence-corrected chi connectivity index (χ1v) is 23.1. The van der Waals surface area contributed by atoms with Gasteiger partial charge in [0, 0.05) is 67.0 Å². The molecule has 12 aromatic rings. The lowest BCUT2D eigenvalue weighted by Crippen LogP contribution is -2.10. The molecule has 0 amide bonds. The summed E-state index contributed by atoms with van der Waals surface area (Å²) in [6.45, 7) is 8.02. The molecule has 68 heavy (non-hydrogen) atoms. The van der Waals surface area contributed by atoms with Crippen molar-refractivity contribution in [3.63, 3.8) is 0 Å². The van der Waals surface area contributed by atoms with Crippen LogP contribution < -0.4 is 9.80 Å². The topological polar surface area (TPSA) is 16.3 Å². The zero-order valence-corrected chi connectivity index (χ0v) is 37.5. The third kappa shape index (κ3) is 7.04. The van der Waals surface area contributed by atoms with Gasteiger partial charge in [0.25, 0.3) is 0 Å². The first kappa shape index (κ1) is 40.4. The smallest absolute Gasteiger partial charge is 0.0542 e. The van der Waals surface area contributed by atoms with Crippen molar-refractivity contribution >= 4 is 89.9 Å². The number of nitrogens with zero attached hydrogens (tertiary/aromatic N) is 4. The van der Waals surface area contributed by atoms with E-state index in [-0.39, 0.29) is 0 Å². The number of aromatic nitrogens is 2. The van der Waals surface area contributed by atoms with E-state index in [1.54, 1.807) is 0 Å². The number of para-hydroxylation sites is 4. The van der Waals surface area contributed by atoms with Crippen LogP contribution in [0, 0.1) is 0 Å². The maximum atomic E-state index is 4.01. The minimum atomic E-state index is 1.07. The molecule has 0 radical (unpaired) electrons. The molecule has 0 fully saturated rings. The number of rotatable bonds is 11. The van der Waals surface area contributed by atoms with E-state index < -0.39 is 0 Å². The summed E-state index contributed by atoms with van der Waals surface area (Å²) >= 11 is 0. The minimum Gasteiger partial charge on any atom is -0.310 e. The van der Waals surface area contributed by atoms with Crippen molar-refractivity contribution in [3.05, 3.63) is 267 Å². The highest BCUT2D eigenvalue weighted by molar-refractivity contribution is 6.12. The van der Waals surface area contributed by atoms with E-state index in [2.05, 4.69) is 275 Å². The van der Waals surface area contributed by atoms with Gasteiger partial charge in [-0.2, -0.15) is 0 Å². The molecule has 0 unspecified atom stereocenters. The Hall–Kier alpha value is -9.12. The van der Waals surface area contributed by atoms with Crippen LogP contribution in [0.5, 0.6) is 0 Å². The quantitative estimate of drug-likeness (QED) is 0.129. The Labute approximate surface area is 396 Å². The second-order valence-corrected chi connectivity index (χ2v) is 17.1. The molecule has 0 saturated heterocycles. The Morgan fingerprint density at radius 2 is 0.588 bits per heavy atom. The largest absolute Gasteiger partial charge is 0.310 e. The van der Waals surface area contributed by atoms with Crippen LogP contribution >= 0.6 is 0 Å². The Kier molecular flexibility index (Phi) is 10.1. The molecule has 0 bridgehead atoms. The van der Waals surface area contributed by atoms with E-state index in [0.717, 1.165) is 67.8 Å². The monoisotopic (exact) mass is 870 g/mol. The van der Waals surface area contributed by atoms with E-state index in [9.17, 15) is 0 Å². The molecule has 0 atom stereocenters. The van der Waals surface area contributed by atoms with Crippen LogP contribution in [-0.2, 0) is 0 Å². The van der Waals surface area contributed by atoms with Gasteiger partial charge >= 0.3 is 0 Å². The van der Waals surface area contributed by atoms with E-state index in [1.165, 1.54) is 43.6 Å². The van der Waals surface area contributed by atoms with Gasteiger partial charge in [-0.05, 0) is 144 Å². The zero-order valence-electron chi connectivity index (χ0n) is 37.5. The fraction of sp³-hybridized carbons (Fsp3) is 0. The van der Waals surface area contributed by atoms with Crippen LogP contribution in [0.25, 0.3) is 78.3 Å². The number of hydrogen-bond donors (Lipinski definition) is 0. The summed E-state index contributed by atoms with van der Waals surface area (Å²) in [5, 5.41) is 4.85. The van der Waals surface area contributed by atoms with Crippen molar-refractivity contribution < 1.29 is 0 Å². The molecule has 0 N–H and O–H groups in total. The predicted octanol–water partition coefficient (Wildman–Crippen LogP) is 17.8. The summed E-state index contributed by atoms with van der Waals surface area (Å²) in [4.78, 5) is 4.69.